The van der Waals surface area contributed by atoms with Gasteiger partial charge in [-0.25, -0.2) is 8.42 Å². The number of ether oxygens (including phenoxy) is 1. The summed E-state index contributed by atoms with van der Waals surface area (Å²) >= 11 is 0. The van der Waals surface area contributed by atoms with Crippen LogP contribution >= 0.6 is 0 Å². The van der Waals surface area contributed by atoms with Crippen LogP contribution in [-0.4, -0.2) is 64.1 Å². The van der Waals surface area contributed by atoms with Gasteiger partial charge in [-0.15, -0.1) is 0 Å². The Kier molecular flexibility index (Phi) is 6.57. The van der Waals surface area contributed by atoms with Gasteiger partial charge in [0.15, 0.2) is 5.96 Å². The van der Waals surface area contributed by atoms with Crippen molar-refractivity contribution in [3.63, 3.8) is 0 Å². The molecular formula is C12H25N3O3S. The molecule has 6 nitrogen and oxygen atoms in total. The normalized spacial score (nSPS) is 18.8. The number of sulfone groups is 1. The van der Waals surface area contributed by atoms with Crippen molar-refractivity contribution in [3.8, 4) is 0 Å². The molecule has 1 fully saturated rings. The van der Waals surface area contributed by atoms with E-state index in [1.54, 1.807) is 0 Å². The second-order valence-electron chi connectivity index (χ2n) is 5.15. The van der Waals surface area contributed by atoms with Gasteiger partial charge in [0.05, 0.1) is 25.5 Å². The Morgan fingerprint density at radius 1 is 1.37 bits per heavy atom. The minimum Gasteiger partial charge on any atom is -0.378 e. The van der Waals surface area contributed by atoms with Crippen LogP contribution in [0.15, 0.2) is 4.99 Å². The molecule has 112 valence electrons. The smallest absolute Gasteiger partial charge is 0.191 e. The molecule has 1 aliphatic heterocycles. The minimum atomic E-state index is -2.94. The van der Waals surface area contributed by atoms with Crippen LogP contribution in [0.1, 0.15) is 19.8 Å². The number of nitrogens with zero attached hydrogens (tertiary/aromatic N) is 2. The Morgan fingerprint density at radius 3 is 2.58 bits per heavy atom. The molecule has 0 unspecified atom stereocenters. The van der Waals surface area contributed by atoms with Crippen molar-refractivity contribution >= 4 is 15.8 Å². The number of piperidine rings is 1. The molecule has 0 amide bonds. The predicted molar refractivity (Wildman–Crippen MR) is 77.0 cm³/mol. The van der Waals surface area contributed by atoms with E-state index in [1.807, 2.05) is 0 Å². The third-order valence-electron chi connectivity index (χ3n) is 3.22. The lowest BCUT2D eigenvalue weighted by Gasteiger charge is -2.31. The Labute approximate surface area is 115 Å². The van der Waals surface area contributed by atoms with Crippen LogP contribution in [0.2, 0.25) is 0 Å². The summed E-state index contributed by atoms with van der Waals surface area (Å²) < 4.78 is 26.9. The van der Waals surface area contributed by atoms with Crippen LogP contribution in [0.3, 0.4) is 0 Å². The van der Waals surface area contributed by atoms with Gasteiger partial charge < -0.3 is 15.4 Å². The van der Waals surface area contributed by atoms with Crippen molar-refractivity contribution in [2.45, 2.75) is 19.8 Å². The molecule has 2 N–H and O–H groups in total. The second kappa shape index (κ2) is 7.69. The number of likely N-dealkylation sites (tertiary alicyclic amines) is 1. The average Bonchev–Trinajstić information content (AvgIpc) is 2.33. The van der Waals surface area contributed by atoms with Crippen molar-refractivity contribution in [2.24, 2.45) is 16.6 Å². The minimum absolute atomic E-state index is 0.0518. The van der Waals surface area contributed by atoms with E-state index in [9.17, 15) is 8.42 Å². The summed E-state index contributed by atoms with van der Waals surface area (Å²) in [4.78, 5) is 6.35. The molecule has 1 aliphatic rings. The van der Waals surface area contributed by atoms with Gasteiger partial charge >= 0.3 is 0 Å². The lowest BCUT2D eigenvalue weighted by Crippen LogP contribution is -2.42. The maximum Gasteiger partial charge on any atom is 0.191 e. The van der Waals surface area contributed by atoms with Crippen molar-refractivity contribution in [1.29, 1.82) is 0 Å². The number of rotatable bonds is 6. The van der Waals surface area contributed by atoms with Crippen molar-refractivity contribution < 1.29 is 13.2 Å². The van der Waals surface area contributed by atoms with E-state index in [2.05, 4.69) is 16.8 Å². The maximum atomic E-state index is 10.9. The third kappa shape index (κ3) is 7.37. The number of hydrogen-bond donors (Lipinski definition) is 1. The molecule has 1 saturated heterocycles. The monoisotopic (exact) mass is 291 g/mol. The molecule has 7 heteroatoms. The van der Waals surface area contributed by atoms with Crippen LogP contribution < -0.4 is 5.73 Å². The quantitative estimate of drug-likeness (QED) is 0.426. The molecule has 0 aliphatic carbocycles. The molecule has 0 aromatic carbocycles. The Bertz CT molecular complexity index is 387. The number of aliphatic imine (C=N–C) groups is 1. The van der Waals surface area contributed by atoms with Crippen LogP contribution in [0, 0.1) is 5.92 Å². The molecule has 0 atom stereocenters. The van der Waals surface area contributed by atoms with Crippen LogP contribution in [0.4, 0.5) is 0 Å². The molecule has 0 aromatic heterocycles. The van der Waals surface area contributed by atoms with Crippen LogP contribution in [0.25, 0.3) is 0 Å². The Hall–Kier alpha value is -0.820. The lowest BCUT2D eigenvalue weighted by atomic mass is 10.00. The summed E-state index contributed by atoms with van der Waals surface area (Å²) in [6.07, 6.45) is 3.51. The zero-order valence-electron chi connectivity index (χ0n) is 11.8. The second-order valence-corrected chi connectivity index (χ2v) is 7.41. The first-order valence-electron chi connectivity index (χ1n) is 6.69. The highest BCUT2D eigenvalue weighted by Gasteiger charge is 2.16. The summed E-state index contributed by atoms with van der Waals surface area (Å²) in [6, 6.07) is 0. The highest BCUT2D eigenvalue weighted by Crippen LogP contribution is 2.15. The average molecular weight is 291 g/mol. The van der Waals surface area contributed by atoms with E-state index in [1.165, 1.54) is 6.26 Å². The first-order chi connectivity index (χ1) is 8.88. The highest BCUT2D eigenvalue weighted by atomic mass is 32.2. The molecule has 1 heterocycles. The van der Waals surface area contributed by atoms with Gasteiger partial charge in [-0.2, -0.15) is 0 Å². The SMILES string of the molecule is CC1CCN(C(N)=NCCOCCS(C)(=O)=O)CC1. The molecule has 0 bridgehead atoms. The summed E-state index contributed by atoms with van der Waals surface area (Å²) in [5.41, 5.74) is 5.90. The summed E-state index contributed by atoms with van der Waals surface area (Å²) in [6.45, 7) is 5.27. The maximum absolute atomic E-state index is 10.9. The lowest BCUT2D eigenvalue weighted by molar-refractivity contribution is 0.157. The fourth-order valence-electron chi connectivity index (χ4n) is 1.87. The van der Waals surface area contributed by atoms with Crippen molar-refractivity contribution in [3.05, 3.63) is 0 Å². The van der Waals surface area contributed by atoms with Crippen LogP contribution in [-0.2, 0) is 14.6 Å². The van der Waals surface area contributed by atoms with Gasteiger partial charge in [-0.05, 0) is 18.8 Å². The van der Waals surface area contributed by atoms with Crippen molar-refractivity contribution in [1.82, 2.24) is 4.90 Å². The van der Waals surface area contributed by atoms with Gasteiger partial charge in [0.1, 0.15) is 9.84 Å². The van der Waals surface area contributed by atoms with Gasteiger partial charge in [0.25, 0.3) is 0 Å². The third-order valence-corrected chi connectivity index (χ3v) is 4.12. The first-order valence-corrected chi connectivity index (χ1v) is 8.75. The van der Waals surface area contributed by atoms with E-state index in [0.717, 1.165) is 31.8 Å². The van der Waals surface area contributed by atoms with E-state index in [0.29, 0.717) is 19.1 Å². The largest absolute Gasteiger partial charge is 0.378 e. The standard InChI is InChI=1S/C12H25N3O3S/c1-11-3-6-15(7-4-11)12(13)14-5-8-18-9-10-19(2,16)17/h11H,3-10H2,1-2H3,(H2,13,14). The molecule has 0 radical (unpaired) electrons. The summed E-state index contributed by atoms with van der Waals surface area (Å²) in [7, 11) is -2.94. The molecule has 0 saturated carbocycles. The topological polar surface area (TPSA) is 85.0 Å². The summed E-state index contributed by atoms with van der Waals surface area (Å²) in [5.74, 6) is 1.39. The fourth-order valence-corrected chi connectivity index (χ4v) is 2.30. The van der Waals surface area contributed by atoms with Crippen molar-refractivity contribution in [2.75, 3.05) is 44.9 Å². The zero-order chi connectivity index (χ0) is 14.3. The number of hydrogen-bond acceptors (Lipinski definition) is 4. The first kappa shape index (κ1) is 16.2. The van der Waals surface area contributed by atoms with Gasteiger partial charge in [0.2, 0.25) is 0 Å². The highest BCUT2D eigenvalue weighted by molar-refractivity contribution is 7.90. The predicted octanol–water partition coefficient (Wildman–Crippen LogP) is 0.0942. The number of nitrogens with two attached hydrogens (primary N) is 1. The number of guanidine groups is 1. The molecule has 1 rings (SSSR count). The van der Waals surface area contributed by atoms with Gasteiger partial charge in [-0.3, -0.25) is 4.99 Å². The molecule has 19 heavy (non-hydrogen) atoms. The Balaban J connectivity index is 2.14. The molecule has 0 spiro atoms. The summed E-state index contributed by atoms with van der Waals surface area (Å²) in [5, 5.41) is 0. The van der Waals surface area contributed by atoms with E-state index >= 15 is 0 Å². The van der Waals surface area contributed by atoms with E-state index < -0.39 is 9.84 Å². The zero-order valence-corrected chi connectivity index (χ0v) is 12.7. The van der Waals surface area contributed by atoms with E-state index in [4.69, 9.17) is 10.5 Å². The molecule has 0 aromatic rings. The van der Waals surface area contributed by atoms with Gasteiger partial charge in [-0.1, -0.05) is 6.92 Å². The van der Waals surface area contributed by atoms with Gasteiger partial charge in [0, 0.05) is 19.3 Å². The molecular weight excluding hydrogens is 266 g/mol. The fraction of sp³-hybridized carbons (Fsp3) is 0.917. The van der Waals surface area contributed by atoms with Crippen LogP contribution in [0.5, 0.6) is 0 Å². The van der Waals surface area contributed by atoms with E-state index in [-0.39, 0.29) is 12.4 Å². The Morgan fingerprint density at radius 2 is 2.00 bits per heavy atom.